The van der Waals surface area contributed by atoms with Gasteiger partial charge in [-0.1, -0.05) is 47.6 Å². The number of ether oxygens (including phenoxy) is 1. The largest absolute Gasteiger partial charge is 0.454 e. The second kappa shape index (κ2) is 8.90. The molecule has 0 saturated carbocycles. The maximum atomic E-state index is 11.8. The normalized spacial score (nSPS) is 10.9. The summed E-state index contributed by atoms with van der Waals surface area (Å²) in [7, 11) is 0. The van der Waals surface area contributed by atoms with Crippen molar-refractivity contribution in [2.24, 2.45) is 0 Å². The van der Waals surface area contributed by atoms with Gasteiger partial charge in [0.15, 0.2) is 12.4 Å². The van der Waals surface area contributed by atoms with Crippen LogP contribution in [0.4, 0.5) is 0 Å². The summed E-state index contributed by atoms with van der Waals surface area (Å²) in [6.45, 7) is 5.75. The van der Waals surface area contributed by atoms with Crippen molar-refractivity contribution in [3.8, 4) is 0 Å². The van der Waals surface area contributed by atoms with Crippen molar-refractivity contribution >= 4 is 11.8 Å². The SMILES string of the molecule is CC(C)=CCCC(C)=CC(=O)OCC(=O)c1ccccc1. The third-order valence-corrected chi connectivity index (χ3v) is 2.90. The van der Waals surface area contributed by atoms with Crippen LogP contribution in [0.25, 0.3) is 0 Å². The molecule has 0 aliphatic heterocycles. The second-order valence-corrected chi connectivity index (χ2v) is 5.21. The van der Waals surface area contributed by atoms with Gasteiger partial charge in [0.1, 0.15) is 0 Å². The number of hydrogen-bond acceptors (Lipinski definition) is 3. The minimum atomic E-state index is -0.464. The van der Waals surface area contributed by atoms with Crippen LogP contribution in [-0.4, -0.2) is 18.4 Å². The monoisotopic (exact) mass is 286 g/mol. The van der Waals surface area contributed by atoms with Gasteiger partial charge in [-0.25, -0.2) is 4.79 Å². The molecule has 0 spiro atoms. The molecule has 1 rings (SSSR count). The Hall–Kier alpha value is -2.16. The molecule has 0 heterocycles. The molecule has 0 N–H and O–H groups in total. The molecule has 0 atom stereocenters. The Morgan fingerprint density at radius 2 is 1.76 bits per heavy atom. The Morgan fingerprint density at radius 1 is 1.10 bits per heavy atom. The number of benzene rings is 1. The first-order valence-electron chi connectivity index (χ1n) is 7.04. The summed E-state index contributed by atoms with van der Waals surface area (Å²) in [5, 5.41) is 0. The van der Waals surface area contributed by atoms with Gasteiger partial charge < -0.3 is 4.74 Å². The highest BCUT2D eigenvalue weighted by Gasteiger charge is 2.08. The predicted octanol–water partition coefficient (Wildman–Crippen LogP) is 4.11. The van der Waals surface area contributed by atoms with E-state index < -0.39 is 5.97 Å². The minimum Gasteiger partial charge on any atom is -0.454 e. The standard InChI is InChI=1S/C18H22O3/c1-14(2)8-7-9-15(3)12-18(20)21-13-17(19)16-10-5-4-6-11-16/h4-6,8,10-12H,7,9,13H2,1-3H3. The van der Waals surface area contributed by atoms with Crippen molar-refractivity contribution in [3.63, 3.8) is 0 Å². The lowest BCUT2D eigenvalue weighted by molar-refractivity contribution is -0.136. The van der Waals surface area contributed by atoms with E-state index in [1.165, 1.54) is 11.6 Å². The minimum absolute atomic E-state index is 0.195. The van der Waals surface area contributed by atoms with Crippen LogP contribution in [0.3, 0.4) is 0 Å². The van der Waals surface area contributed by atoms with Crippen LogP contribution in [-0.2, 0) is 9.53 Å². The molecule has 0 fully saturated rings. The Morgan fingerprint density at radius 3 is 2.38 bits per heavy atom. The summed E-state index contributed by atoms with van der Waals surface area (Å²) in [4.78, 5) is 23.4. The summed E-state index contributed by atoms with van der Waals surface area (Å²) in [6.07, 6.45) is 5.30. The first kappa shape index (κ1) is 16.9. The Bertz CT molecular complexity index is 535. The fourth-order valence-electron chi connectivity index (χ4n) is 1.75. The van der Waals surface area contributed by atoms with E-state index in [4.69, 9.17) is 4.74 Å². The van der Waals surface area contributed by atoms with Gasteiger partial charge in [-0.05, 0) is 33.6 Å². The van der Waals surface area contributed by atoms with Crippen LogP contribution in [0.5, 0.6) is 0 Å². The Balaban J connectivity index is 2.40. The van der Waals surface area contributed by atoms with Crippen LogP contribution >= 0.6 is 0 Å². The zero-order valence-corrected chi connectivity index (χ0v) is 12.9. The van der Waals surface area contributed by atoms with Crippen molar-refractivity contribution in [1.29, 1.82) is 0 Å². The summed E-state index contributed by atoms with van der Waals surface area (Å²) in [6, 6.07) is 8.80. The van der Waals surface area contributed by atoms with E-state index in [9.17, 15) is 9.59 Å². The van der Waals surface area contributed by atoms with Gasteiger partial charge >= 0.3 is 5.97 Å². The molecular weight excluding hydrogens is 264 g/mol. The fraction of sp³-hybridized carbons (Fsp3) is 0.333. The molecule has 1 aromatic rings. The third-order valence-electron chi connectivity index (χ3n) is 2.90. The van der Waals surface area contributed by atoms with Crippen molar-refractivity contribution in [1.82, 2.24) is 0 Å². The zero-order valence-electron chi connectivity index (χ0n) is 12.9. The summed E-state index contributed by atoms with van der Waals surface area (Å²) in [5.41, 5.74) is 2.76. The molecular formula is C18H22O3. The lowest BCUT2D eigenvalue weighted by Crippen LogP contribution is -2.12. The number of Topliss-reactive ketones (excluding diaryl/α,β-unsaturated/α-hetero) is 1. The molecule has 3 nitrogen and oxygen atoms in total. The van der Waals surface area contributed by atoms with E-state index in [-0.39, 0.29) is 12.4 Å². The van der Waals surface area contributed by atoms with Crippen molar-refractivity contribution in [2.45, 2.75) is 33.6 Å². The first-order valence-corrected chi connectivity index (χ1v) is 7.04. The van der Waals surface area contributed by atoms with Gasteiger partial charge in [0, 0.05) is 11.6 Å². The number of hydrogen-bond donors (Lipinski definition) is 0. The average molecular weight is 286 g/mol. The molecule has 3 heteroatoms. The molecule has 1 aromatic carbocycles. The van der Waals surface area contributed by atoms with Crippen LogP contribution in [0.1, 0.15) is 44.0 Å². The molecule has 112 valence electrons. The van der Waals surface area contributed by atoms with Crippen molar-refractivity contribution in [3.05, 3.63) is 59.2 Å². The van der Waals surface area contributed by atoms with Crippen LogP contribution < -0.4 is 0 Å². The van der Waals surface area contributed by atoms with Gasteiger partial charge in [0.25, 0.3) is 0 Å². The predicted molar refractivity (Wildman–Crippen MR) is 84.2 cm³/mol. The van der Waals surface area contributed by atoms with Gasteiger partial charge in [-0.3, -0.25) is 4.79 Å². The smallest absolute Gasteiger partial charge is 0.331 e. The maximum Gasteiger partial charge on any atom is 0.331 e. The van der Waals surface area contributed by atoms with Crippen molar-refractivity contribution < 1.29 is 14.3 Å². The maximum absolute atomic E-state index is 11.8. The molecule has 0 aromatic heterocycles. The lowest BCUT2D eigenvalue weighted by Gasteiger charge is -2.03. The highest BCUT2D eigenvalue weighted by Crippen LogP contribution is 2.07. The Kier molecular flexibility index (Phi) is 7.16. The molecule has 0 aliphatic rings. The number of allylic oxidation sites excluding steroid dienone is 3. The number of carbonyl (C=O) groups is 2. The number of rotatable bonds is 7. The fourth-order valence-corrected chi connectivity index (χ4v) is 1.75. The molecule has 21 heavy (non-hydrogen) atoms. The van der Waals surface area contributed by atoms with E-state index >= 15 is 0 Å². The summed E-state index contributed by atoms with van der Waals surface area (Å²) < 4.78 is 4.98. The van der Waals surface area contributed by atoms with Crippen LogP contribution in [0.15, 0.2) is 53.6 Å². The highest BCUT2D eigenvalue weighted by atomic mass is 16.5. The molecule has 0 bridgehead atoms. The molecule has 0 aliphatic carbocycles. The first-order chi connectivity index (χ1) is 9.99. The van der Waals surface area contributed by atoms with Gasteiger partial charge in [-0.2, -0.15) is 0 Å². The van der Waals surface area contributed by atoms with Crippen LogP contribution in [0, 0.1) is 0 Å². The van der Waals surface area contributed by atoms with Crippen molar-refractivity contribution in [2.75, 3.05) is 6.61 Å². The third kappa shape index (κ3) is 7.25. The second-order valence-electron chi connectivity index (χ2n) is 5.21. The van der Waals surface area contributed by atoms with Gasteiger partial charge in [0.05, 0.1) is 0 Å². The van der Waals surface area contributed by atoms with E-state index in [1.807, 2.05) is 26.8 Å². The topological polar surface area (TPSA) is 43.4 Å². The summed E-state index contributed by atoms with van der Waals surface area (Å²) in [5.74, 6) is -0.659. The highest BCUT2D eigenvalue weighted by molar-refractivity contribution is 5.98. The number of carbonyl (C=O) groups excluding carboxylic acids is 2. The van der Waals surface area contributed by atoms with Gasteiger partial charge in [0.2, 0.25) is 0 Å². The van der Waals surface area contributed by atoms with Gasteiger partial charge in [-0.15, -0.1) is 0 Å². The molecule has 0 radical (unpaired) electrons. The van der Waals surface area contributed by atoms with E-state index in [1.54, 1.807) is 24.3 Å². The lowest BCUT2D eigenvalue weighted by atomic mass is 10.1. The molecule has 0 unspecified atom stereocenters. The Labute approximate surface area is 126 Å². The average Bonchev–Trinajstić information content (AvgIpc) is 2.45. The zero-order chi connectivity index (χ0) is 15.7. The number of ketones is 1. The number of esters is 1. The van der Waals surface area contributed by atoms with E-state index in [0.717, 1.165) is 18.4 Å². The quantitative estimate of drug-likeness (QED) is 0.328. The summed E-state index contributed by atoms with van der Waals surface area (Å²) >= 11 is 0. The van der Waals surface area contributed by atoms with E-state index in [0.29, 0.717) is 5.56 Å². The van der Waals surface area contributed by atoms with Crippen LogP contribution in [0.2, 0.25) is 0 Å². The van der Waals surface area contributed by atoms with E-state index in [2.05, 4.69) is 6.08 Å². The molecule has 0 amide bonds. The molecule has 0 saturated heterocycles.